The van der Waals surface area contributed by atoms with Crippen molar-refractivity contribution in [1.82, 2.24) is 0 Å². The van der Waals surface area contributed by atoms with Gasteiger partial charge in [0.15, 0.2) is 18.3 Å². The summed E-state index contributed by atoms with van der Waals surface area (Å²) in [5.41, 5.74) is 0.107. The molecular weight excluding hydrogens is 511 g/mol. The molecule has 3 rings (SSSR count). The lowest BCUT2D eigenvalue weighted by Crippen LogP contribution is -2.48. The normalized spacial score (nSPS) is 17.9. The standard InChI is InChI=1S/C23H17Cl3O8/c1-12(27)32-18(11-31-22(29)13-5-3-2-4-6-13)21-17(7-8-19(28)34-21)33-23(30)20-15(25)9-14(24)10-16(20)26/h2-10,17-18,21H,11H2,1H3/t17-,18-,21+/m1/s1. The fraction of sp³-hybridized carbons (Fsp3) is 0.217. The third-order valence-corrected chi connectivity index (χ3v) is 5.34. The van der Waals surface area contributed by atoms with Gasteiger partial charge < -0.3 is 18.9 Å². The molecule has 0 saturated heterocycles. The zero-order valence-electron chi connectivity index (χ0n) is 17.5. The monoisotopic (exact) mass is 526 g/mol. The molecule has 0 saturated carbocycles. The van der Waals surface area contributed by atoms with Gasteiger partial charge in [0.25, 0.3) is 0 Å². The number of benzene rings is 2. The van der Waals surface area contributed by atoms with Crippen molar-refractivity contribution in [2.75, 3.05) is 6.61 Å². The molecule has 1 aliphatic heterocycles. The minimum absolute atomic E-state index is 0.0517. The van der Waals surface area contributed by atoms with Crippen LogP contribution in [0.15, 0.2) is 54.6 Å². The van der Waals surface area contributed by atoms with Gasteiger partial charge in [-0.2, -0.15) is 0 Å². The van der Waals surface area contributed by atoms with Crippen LogP contribution in [0.4, 0.5) is 0 Å². The Morgan fingerprint density at radius 2 is 1.68 bits per heavy atom. The molecule has 2 aromatic rings. The van der Waals surface area contributed by atoms with Crippen LogP contribution in [0.3, 0.4) is 0 Å². The first-order chi connectivity index (χ1) is 16.2. The highest BCUT2D eigenvalue weighted by atomic mass is 35.5. The molecule has 0 amide bonds. The molecule has 0 radical (unpaired) electrons. The maximum atomic E-state index is 12.8. The second kappa shape index (κ2) is 11.4. The average Bonchev–Trinajstić information content (AvgIpc) is 2.77. The molecule has 0 aromatic heterocycles. The molecule has 0 unspecified atom stereocenters. The van der Waals surface area contributed by atoms with E-state index in [1.807, 2.05) is 0 Å². The third kappa shape index (κ3) is 6.50. The summed E-state index contributed by atoms with van der Waals surface area (Å²) in [4.78, 5) is 48.7. The predicted octanol–water partition coefficient (Wildman–Crippen LogP) is 4.44. The summed E-state index contributed by atoms with van der Waals surface area (Å²) >= 11 is 18.0. The third-order valence-electron chi connectivity index (χ3n) is 4.52. The Bertz CT molecular complexity index is 1110. The number of ether oxygens (including phenoxy) is 4. The Morgan fingerprint density at radius 3 is 2.29 bits per heavy atom. The maximum absolute atomic E-state index is 12.8. The van der Waals surface area contributed by atoms with Crippen molar-refractivity contribution in [2.45, 2.75) is 25.2 Å². The van der Waals surface area contributed by atoms with Crippen LogP contribution in [0.2, 0.25) is 15.1 Å². The molecule has 1 heterocycles. The van der Waals surface area contributed by atoms with Gasteiger partial charge in [0.05, 0.1) is 21.2 Å². The minimum Gasteiger partial charge on any atom is -0.458 e. The quantitative estimate of drug-likeness (QED) is 0.384. The minimum atomic E-state index is -1.32. The first-order valence-electron chi connectivity index (χ1n) is 9.79. The average molecular weight is 528 g/mol. The van der Waals surface area contributed by atoms with Crippen molar-refractivity contribution in [3.63, 3.8) is 0 Å². The van der Waals surface area contributed by atoms with Gasteiger partial charge in [0.1, 0.15) is 6.61 Å². The number of carbonyl (C=O) groups excluding carboxylic acids is 4. The summed E-state index contributed by atoms with van der Waals surface area (Å²) in [5, 5.41) is 0.111. The van der Waals surface area contributed by atoms with E-state index >= 15 is 0 Å². The summed E-state index contributed by atoms with van der Waals surface area (Å²) in [7, 11) is 0. The number of hydrogen-bond donors (Lipinski definition) is 0. The van der Waals surface area contributed by atoms with E-state index in [4.69, 9.17) is 53.8 Å². The van der Waals surface area contributed by atoms with Gasteiger partial charge in [0.2, 0.25) is 0 Å². The first-order valence-corrected chi connectivity index (χ1v) is 10.9. The summed E-state index contributed by atoms with van der Waals surface area (Å²) in [6.07, 6.45) is -1.53. The van der Waals surface area contributed by atoms with Crippen molar-refractivity contribution in [3.8, 4) is 0 Å². The SMILES string of the molecule is CC(=O)O[C@H](COC(=O)c1ccccc1)[C@H]1OC(=O)C=C[C@H]1OC(=O)c1c(Cl)cc(Cl)cc1Cl. The Morgan fingerprint density at radius 1 is 1.03 bits per heavy atom. The number of halogens is 3. The van der Waals surface area contributed by atoms with Crippen LogP contribution in [0, 0.1) is 0 Å². The van der Waals surface area contributed by atoms with E-state index in [1.54, 1.807) is 18.2 Å². The zero-order chi connectivity index (χ0) is 24.8. The van der Waals surface area contributed by atoms with E-state index < -0.39 is 48.8 Å². The maximum Gasteiger partial charge on any atom is 0.341 e. The molecule has 8 nitrogen and oxygen atoms in total. The van der Waals surface area contributed by atoms with Crippen molar-refractivity contribution in [1.29, 1.82) is 0 Å². The fourth-order valence-corrected chi connectivity index (χ4v) is 4.03. The summed E-state index contributed by atoms with van der Waals surface area (Å²) in [6, 6.07) is 10.7. The Labute approximate surface area is 209 Å². The Kier molecular flexibility index (Phi) is 8.55. The lowest BCUT2D eigenvalue weighted by molar-refractivity contribution is -0.176. The molecule has 178 valence electrons. The molecule has 0 N–H and O–H groups in total. The van der Waals surface area contributed by atoms with Crippen LogP contribution < -0.4 is 0 Å². The molecule has 34 heavy (non-hydrogen) atoms. The summed E-state index contributed by atoms with van der Waals surface area (Å²) < 4.78 is 21.2. The second-order valence-corrected chi connectivity index (χ2v) is 8.24. The second-order valence-electron chi connectivity index (χ2n) is 6.99. The highest BCUT2D eigenvalue weighted by molar-refractivity contribution is 6.41. The Balaban J connectivity index is 1.81. The Hall–Kier alpha value is -3.07. The molecule has 3 atom stereocenters. The number of esters is 4. The van der Waals surface area contributed by atoms with Crippen LogP contribution in [0.1, 0.15) is 27.6 Å². The van der Waals surface area contributed by atoms with Gasteiger partial charge in [-0.25, -0.2) is 14.4 Å². The summed E-state index contributed by atoms with van der Waals surface area (Å²) in [5.74, 6) is -3.14. The zero-order valence-corrected chi connectivity index (χ0v) is 19.8. The van der Waals surface area contributed by atoms with E-state index in [0.717, 1.165) is 13.0 Å². The predicted molar refractivity (Wildman–Crippen MR) is 122 cm³/mol. The van der Waals surface area contributed by atoms with E-state index in [-0.39, 0.29) is 26.2 Å². The molecule has 0 spiro atoms. The highest BCUT2D eigenvalue weighted by Gasteiger charge is 2.40. The van der Waals surface area contributed by atoms with Crippen molar-refractivity contribution in [2.24, 2.45) is 0 Å². The van der Waals surface area contributed by atoms with Crippen LogP contribution >= 0.6 is 34.8 Å². The molecular formula is C23H17Cl3O8. The highest BCUT2D eigenvalue weighted by Crippen LogP contribution is 2.31. The molecule has 0 aliphatic carbocycles. The van der Waals surface area contributed by atoms with Gasteiger partial charge in [-0.05, 0) is 30.3 Å². The van der Waals surface area contributed by atoms with Crippen LogP contribution in [-0.2, 0) is 28.5 Å². The van der Waals surface area contributed by atoms with Crippen LogP contribution in [0.25, 0.3) is 0 Å². The van der Waals surface area contributed by atoms with E-state index in [9.17, 15) is 19.2 Å². The fourth-order valence-electron chi connectivity index (χ4n) is 3.06. The van der Waals surface area contributed by atoms with Gasteiger partial charge >= 0.3 is 23.9 Å². The molecule has 11 heteroatoms. The lowest BCUT2D eigenvalue weighted by atomic mass is 10.0. The number of hydrogen-bond acceptors (Lipinski definition) is 8. The molecule has 1 aliphatic rings. The van der Waals surface area contributed by atoms with Gasteiger partial charge in [0, 0.05) is 18.0 Å². The number of rotatable bonds is 7. The first kappa shape index (κ1) is 25.6. The smallest absolute Gasteiger partial charge is 0.341 e. The molecule has 0 fully saturated rings. The van der Waals surface area contributed by atoms with Gasteiger partial charge in [-0.3, -0.25) is 4.79 Å². The summed E-state index contributed by atoms with van der Waals surface area (Å²) in [6.45, 7) is 0.649. The van der Waals surface area contributed by atoms with Crippen molar-refractivity contribution < 1.29 is 38.1 Å². The van der Waals surface area contributed by atoms with Crippen molar-refractivity contribution in [3.05, 3.63) is 80.8 Å². The van der Waals surface area contributed by atoms with Crippen molar-refractivity contribution >= 4 is 58.7 Å². The number of cyclic esters (lactones) is 1. The van der Waals surface area contributed by atoms with E-state index in [2.05, 4.69) is 0 Å². The lowest BCUT2D eigenvalue weighted by Gasteiger charge is -2.32. The van der Waals surface area contributed by atoms with E-state index in [1.165, 1.54) is 30.3 Å². The van der Waals surface area contributed by atoms with Gasteiger partial charge in [-0.15, -0.1) is 0 Å². The number of carbonyl (C=O) groups is 4. The van der Waals surface area contributed by atoms with Gasteiger partial charge in [-0.1, -0.05) is 53.0 Å². The molecule has 2 aromatic carbocycles. The largest absolute Gasteiger partial charge is 0.458 e. The van der Waals surface area contributed by atoms with Crippen LogP contribution in [0.5, 0.6) is 0 Å². The molecule has 0 bridgehead atoms. The van der Waals surface area contributed by atoms with E-state index in [0.29, 0.717) is 0 Å². The van der Waals surface area contributed by atoms with Crippen LogP contribution in [-0.4, -0.2) is 48.8 Å². The topological polar surface area (TPSA) is 105 Å².